The van der Waals surface area contributed by atoms with Gasteiger partial charge in [-0.1, -0.05) is 6.42 Å². The number of carboxylic acid groups (broad SMARTS) is 1. The molecule has 1 aromatic carbocycles. The van der Waals surface area contributed by atoms with Crippen molar-refractivity contribution in [2.45, 2.75) is 69.4 Å². The molecule has 0 radical (unpaired) electrons. The van der Waals surface area contributed by atoms with E-state index >= 15 is 0 Å². The number of carboxylic acids is 1. The number of amides is 1. The smallest absolute Gasteiger partial charge is 0.303 e. The minimum Gasteiger partial charge on any atom is -0.481 e. The lowest BCUT2D eigenvalue weighted by Gasteiger charge is -2.32. The zero-order chi connectivity index (χ0) is 20.2. The second kappa shape index (κ2) is 8.39. The van der Waals surface area contributed by atoms with Crippen LogP contribution >= 0.6 is 0 Å². The predicted octanol–water partition coefficient (Wildman–Crippen LogP) is 2.62. The minimum absolute atomic E-state index is 0.0261. The van der Waals surface area contributed by atoms with Crippen LogP contribution in [-0.2, 0) is 14.8 Å². The van der Waals surface area contributed by atoms with Gasteiger partial charge in [0.2, 0.25) is 10.0 Å². The predicted molar refractivity (Wildman–Crippen MR) is 102 cm³/mol. The molecular weight excluding hydrogens is 368 g/mol. The molecule has 2 N–H and O–H groups in total. The van der Waals surface area contributed by atoms with E-state index in [1.54, 1.807) is 13.8 Å². The van der Waals surface area contributed by atoms with Crippen LogP contribution in [0.3, 0.4) is 0 Å². The number of nitrogens with one attached hydrogen (secondary N) is 1. The van der Waals surface area contributed by atoms with E-state index in [1.807, 2.05) is 6.92 Å². The first-order valence-electron chi connectivity index (χ1n) is 9.19. The molecule has 1 unspecified atom stereocenters. The molecule has 1 atom stereocenters. The number of hydrogen-bond acceptors (Lipinski definition) is 4. The van der Waals surface area contributed by atoms with Crippen molar-refractivity contribution in [3.8, 4) is 0 Å². The van der Waals surface area contributed by atoms with E-state index in [9.17, 15) is 18.0 Å². The summed E-state index contributed by atoms with van der Waals surface area (Å²) in [5, 5.41) is 11.6. The van der Waals surface area contributed by atoms with E-state index in [2.05, 4.69) is 5.32 Å². The molecule has 1 saturated heterocycles. The molecule has 2 rings (SSSR count). The van der Waals surface area contributed by atoms with Crippen molar-refractivity contribution in [1.82, 2.24) is 9.62 Å². The van der Waals surface area contributed by atoms with Gasteiger partial charge in [0.1, 0.15) is 0 Å². The summed E-state index contributed by atoms with van der Waals surface area (Å²) in [4.78, 5) is 23.3. The van der Waals surface area contributed by atoms with Crippen LogP contribution in [-0.4, -0.2) is 47.8 Å². The average molecular weight is 397 g/mol. The number of benzene rings is 1. The fourth-order valence-corrected chi connectivity index (χ4v) is 4.90. The van der Waals surface area contributed by atoms with E-state index in [-0.39, 0.29) is 23.3 Å². The van der Waals surface area contributed by atoms with Gasteiger partial charge in [-0.25, -0.2) is 8.42 Å². The van der Waals surface area contributed by atoms with E-state index < -0.39 is 21.5 Å². The average Bonchev–Trinajstić information content (AvgIpc) is 2.60. The number of sulfonamides is 1. The zero-order valence-electron chi connectivity index (χ0n) is 16.1. The van der Waals surface area contributed by atoms with Crippen LogP contribution in [0.1, 0.15) is 63.2 Å². The van der Waals surface area contributed by atoms with Crippen molar-refractivity contribution < 1.29 is 23.1 Å². The monoisotopic (exact) mass is 396 g/mol. The third-order valence-electron chi connectivity index (χ3n) is 4.88. The molecule has 1 amide bonds. The Morgan fingerprint density at radius 3 is 2.41 bits per heavy atom. The number of nitrogens with zero attached hydrogens (tertiary/aromatic N) is 1. The summed E-state index contributed by atoms with van der Waals surface area (Å²) in [7, 11) is -3.57. The van der Waals surface area contributed by atoms with E-state index in [1.165, 1.54) is 28.6 Å². The van der Waals surface area contributed by atoms with Crippen molar-refractivity contribution in [1.29, 1.82) is 0 Å². The molecule has 1 fully saturated rings. The molecule has 0 aromatic heterocycles. The number of rotatable bonds is 7. The lowest BCUT2D eigenvalue weighted by molar-refractivity contribution is -0.137. The summed E-state index contributed by atoms with van der Waals surface area (Å²) in [6.07, 6.45) is 3.00. The van der Waals surface area contributed by atoms with Gasteiger partial charge in [-0.2, -0.15) is 4.31 Å². The summed E-state index contributed by atoms with van der Waals surface area (Å²) in [5.74, 6) is -1.28. The largest absolute Gasteiger partial charge is 0.481 e. The van der Waals surface area contributed by atoms with E-state index in [0.29, 0.717) is 18.5 Å². The molecule has 7 nitrogen and oxygen atoms in total. The van der Waals surface area contributed by atoms with Gasteiger partial charge in [0.05, 0.1) is 4.90 Å². The fourth-order valence-electron chi connectivity index (χ4n) is 3.20. The number of hydrogen-bond donors (Lipinski definition) is 2. The van der Waals surface area contributed by atoms with Gasteiger partial charge in [0, 0.05) is 30.1 Å². The van der Waals surface area contributed by atoms with Crippen LogP contribution < -0.4 is 5.32 Å². The normalized spacial score (nSPS) is 18.9. The zero-order valence-corrected chi connectivity index (χ0v) is 16.9. The maximum Gasteiger partial charge on any atom is 0.303 e. The quantitative estimate of drug-likeness (QED) is 0.737. The highest BCUT2D eigenvalue weighted by molar-refractivity contribution is 7.89. The SMILES string of the molecule is CC1CCCCN1S(=O)(=O)c1ccc(C(=O)NC(C)(C)CCC(=O)O)cc1. The van der Waals surface area contributed by atoms with Gasteiger partial charge in [0.15, 0.2) is 0 Å². The summed E-state index contributed by atoms with van der Waals surface area (Å²) in [6.45, 7) is 5.94. The van der Waals surface area contributed by atoms with Crippen molar-refractivity contribution in [3.05, 3.63) is 29.8 Å². The molecule has 0 spiro atoms. The van der Waals surface area contributed by atoms with Crippen LogP contribution in [0.4, 0.5) is 0 Å². The molecule has 8 heteroatoms. The van der Waals surface area contributed by atoms with Crippen LogP contribution in [0.15, 0.2) is 29.2 Å². The number of carbonyl (C=O) groups is 2. The van der Waals surface area contributed by atoms with Crippen molar-refractivity contribution in [2.24, 2.45) is 0 Å². The van der Waals surface area contributed by atoms with Gasteiger partial charge in [-0.3, -0.25) is 9.59 Å². The topological polar surface area (TPSA) is 104 Å². The van der Waals surface area contributed by atoms with Crippen LogP contribution in [0.2, 0.25) is 0 Å². The second-order valence-corrected chi connectivity index (χ2v) is 9.61. The highest BCUT2D eigenvalue weighted by Crippen LogP contribution is 2.25. The Bertz CT molecular complexity index is 787. The molecule has 1 aliphatic rings. The number of carbonyl (C=O) groups excluding carboxylic acids is 1. The first-order valence-corrected chi connectivity index (χ1v) is 10.6. The molecule has 0 saturated carbocycles. The highest BCUT2D eigenvalue weighted by atomic mass is 32.2. The number of piperidine rings is 1. The Morgan fingerprint density at radius 2 is 1.85 bits per heavy atom. The molecule has 1 aliphatic heterocycles. The standard InChI is InChI=1S/C19H28N2O5S/c1-14-6-4-5-13-21(14)27(25,26)16-9-7-15(8-10-16)18(24)20-19(2,3)12-11-17(22)23/h7-10,14H,4-6,11-13H2,1-3H3,(H,20,24)(H,22,23). The molecule has 0 bridgehead atoms. The number of aliphatic carboxylic acids is 1. The Labute approximate surface area is 160 Å². The van der Waals surface area contributed by atoms with E-state index in [4.69, 9.17) is 5.11 Å². The molecule has 1 aromatic rings. The molecule has 150 valence electrons. The first kappa shape index (κ1) is 21.4. The van der Waals surface area contributed by atoms with Crippen molar-refractivity contribution >= 4 is 21.9 Å². The summed E-state index contributed by atoms with van der Waals surface area (Å²) in [5.41, 5.74) is -0.340. The third-order valence-corrected chi connectivity index (χ3v) is 6.91. The molecule has 27 heavy (non-hydrogen) atoms. The Balaban J connectivity index is 2.10. The first-order chi connectivity index (χ1) is 12.5. The Kier molecular flexibility index (Phi) is 6.64. The van der Waals surface area contributed by atoms with Crippen LogP contribution in [0.5, 0.6) is 0 Å². The Morgan fingerprint density at radius 1 is 1.22 bits per heavy atom. The fraction of sp³-hybridized carbons (Fsp3) is 0.579. The molecule has 0 aliphatic carbocycles. The Hall–Kier alpha value is -1.93. The van der Waals surface area contributed by atoms with Gasteiger partial charge >= 0.3 is 5.97 Å². The van der Waals surface area contributed by atoms with Gasteiger partial charge < -0.3 is 10.4 Å². The van der Waals surface area contributed by atoms with E-state index in [0.717, 1.165) is 19.3 Å². The minimum atomic E-state index is -3.57. The van der Waals surface area contributed by atoms with Gasteiger partial charge in [-0.05, 0) is 64.3 Å². The van der Waals surface area contributed by atoms with Gasteiger partial charge in [-0.15, -0.1) is 0 Å². The van der Waals surface area contributed by atoms with Gasteiger partial charge in [0.25, 0.3) is 5.91 Å². The maximum absolute atomic E-state index is 12.8. The second-order valence-electron chi connectivity index (χ2n) is 7.72. The third kappa shape index (κ3) is 5.52. The summed E-state index contributed by atoms with van der Waals surface area (Å²) < 4.78 is 27.2. The van der Waals surface area contributed by atoms with Crippen LogP contribution in [0, 0.1) is 0 Å². The summed E-state index contributed by atoms with van der Waals surface area (Å²) in [6, 6.07) is 5.86. The lowest BCUT2D eigenvalue weighted by atomic mass is 9.98. The van der Waals surface area contributed by atoms with Crippen LogP contribution in [0.25, 0.3) is 0 Å². The van der Waals surface area contributed by atoms with Crippen molar-refractivity contribution in [2.75, 3.05) is 6.54 Å². The summed E-state index contributed by atoms with van der Waals surface area (Å²) >= 11 is 0. The molecular formula is C19H28N2O5S. The van der Waals surface area contributed by atoms with Crippen molar-refractivity contribution in [3.63, 3.8) is 0 Å². The lowest BCUT2D eigenvalue weighted by Crippen LogP contribution is -2.43. The maximum atomic E-state index is 12.8. The highest BCUT2D eigenvalue weighted by Gasteiger charge is 2.31. The molecule has 1 heterocycles.